The van der Waals surface area contributed by atoms with Crippen LogP contribution in [0.4, 0.5) is 0 Å². The molecular weight excluding hydrogens is 347 g/mol. The minimum absolute atomic E-state index is 0.0179. The Morgan fingerprint density at radius 3 is 2.58 bits per heavy atom. The summed E-state index contributed by atoms with van der Waals surface area (Å²) in [7, 11) is 1.89. The van der Waals surface area contributed by atoms with Gasteiger partial charge in [-0.15, -0.1) is 0 Å². The Morgan fingerprint density at radius 1 is 1.23 bits per heavy atom. The largest absolute Gasteiger partial charge is 0.508 e. The van der Waals surface area contributed by atoms with Crippen LogP contribution < -0.4 is 10.0 Å². The Labute approximate surface area is 156 Å². The number of aromatic hydroxyl groups is 1. The van der Waals surface area contributed by atoms with E-state index in [4.69, 9.17) is 9.47 Å². The lowest BCUT2D eigenvalue weighted by molar-refractivity contribution is 0.0600. The Morgan fingerprint density at radius 2 is 1.96 bits per heavy atom. The highest BCUT2D eigenvalue weighted by atomic mass is 31.1. The SMILES string of the molecule is CCC(CC)(c1ccc(O)c(C)c1)C1Oc2cc(C(=O)OC)ccc2P1. The van der Waals surface area contributed by atoms with Crippen molar-refractivity contribution in [3.8, 4) is 11.5 Å². The molecule has 2 atom stereocenters. The van der Waals surface area contributed by atoms with Gasteiger partial charge in [-0.05, 0) is 57.7 Å². The molecule has 138 valence electrons. The van der Waals surface area contributed by atoms with Crippen molar-refractivity contribution in [3.63, 3.8) is 0 Å². The fourth-order valence-corrected chi connectivity index (χ4v) is 5.45. The molecule has 2 unspecified atom stereocenters. The third-order valence-electron chi connectivity index (χ3n) is 5.47. The summed E-state index contributed by atoms with van der Waals surface area (Å²) in [5.41, 5.74) is 2.44. The van der Waals surface area contributed by atoms with Gasteiger partial charge >= 0.3 is 5.97 Å². The quantitative estimate of drug-likeness (QED) is 0.629. The van der Waals surface area contributed by atoms with E-state index in [0.29, 0.717) is 19.9 Å². The van der Waals surface area contributed by atoms with Crippen LogP contribution in [0.2, 0.25) is 0 Å². The number of ether oxygens (including phenoxy) is 2. The van der Waals surface area contributed by atoms with Crippen LogP contribution >= 0.6 is 8.58 Å². The minimum atomic E-state index is -0.352. The van der Waals surface area contributed by atoms with Crippen LogP contribution in [0.1, 0.15) is 48.2 Å². The predicted molar refractivity (Wildman–Crippen MR) is 105 cm³/mol. The van der Waals surface area contributed by atoms with Crippen molar-refractivity contribution in [2.75, 3.05) is 7.11 Å². The molecule has 2 aromatic carbocycles. The zero-order valence-electron chi connectivity index (χ0n) is 15.6. The number of rotatable bonds is 5. The molecule has 1 aliphatic heterocycles. The molecule has 0 radical (unpaired) electrons. The highest BCUT2D eigenvalue weighted by molar-refractivity contribution is 7.48. The van der Waals surface area contributed by atoms with Gasteiger partial charge in [-0.1, -0.05) is 32.0 Å². The molecule has 0 saturated heterocycles. The molecule has 5 heteroatoms. The van der Waals surface area contributed by atoms with Crippen LogP contribution in [0.25, 0.3) is 0 Å². The van der Waals surface area contributed by atoms with Crippen LogP contribution in [0.3, 0.4) is 0 Å². The van der Waals surface area contributed by atoms with Crippen LogP contribution in [0, 0.1) is 6.92 Å². The summed E-state index contributed by atoms with van der Waals surface area (Å²) in [6.07, 6.45) is 1.87. The fraction of sp³-hybridized carbons (Fsp3) is 0.381. The third kappa shape index (κ3) is 3.07. The zero-order valence-corrected chi connectivity index (χ0v) is 16.6. The van der Waals surface area contributed by atoms with Crippen molar-refractivity contribution >= 4 is 19.9 Å². The van der Waals surface area contributed by atoms with Gasteiger partial charge in [0.05, 0.1) is 12.7 Å². The van der Waals surface area contributed by atoms with Gasteiger partial charge in [-0.25, -0.2) is 4.79 Å². The highest BCUT2D eigenvalue weighted by Gasteiger charge is 2.43. The second kappa shape index (κ2) is 7.28. The summed E-state index contributed by atoms with van der Waals surface area (Å²) in [5.74, 6) is 0.757. The van der Waals surface area contributed by atoms with Crippen molar-refractivity contribution in [2.24, 2.45) is 0 Å². The molecule has 0 amide bonds. The third-order valence-corrected chi connectivity index (χ3v) is 7.13. The number of carbonyl (C=O) groups excluding carboxylic acids is 1. The lowest BCUT2D eigenvalue weighted by atomic mass is 9.75. The predicted octanol–water partition coefficient (Wildman–Crippen LogP) is 4.27. The van der Waals surface area contributed by atoms with Gasteiger partial charge in [-0.2, -0.15) is 0 Å². The molecule has 0 spiro atoms. The van der Waals surface area contributed by atoms with E-state index < -0.39 is 0 Å². The highest BCUT2D eigenvalue weighted by Crippen LogP contribution is 2.49. The van der Waals surface area contributed by atoms with E-state index in [-0.39, 0.29) is 17.2 Å². The Balaban J connectivity index is 1.97. The maximum Gasteiger partial charge on any atom is 0.337 e. The summed E-state index contributed by atoms with van der Waals surface area (Å²) < 4.78 is 11.2. The van der Waals surface area contributed by atoms with Crippen molar-refractivity contribution in [1.82, 2.24) is 0 Å². The first-order chi connectivity index (χ1) is 12.4. The number of aryl methyl sites for hydroxylation is 1. The first kappa shape index (κ1) is 18.7. The first-order valence-electron chi connectivity index (χ1n) is 8.90. The Kier molecular flexibility index (Phi) is 5.24. The maximum absolute atomic E-state index is 11.8. The number of hydrogen-bond donors (Lipinski definition) is 1. The van der Waals surface area contributed by atoms with Crippen LogP contribution in [-0.4, -0.2) is 24.0 Å². The summed E-state index contributed by atoms with van der Waals surface area (Å²) >= 11 is 0. The summed E-state index contributed by atoms with van der Waals surface area (Å²) in [6.45, 7) is 6.29. The number of fused-ring (bicyclic) bond motifs is 1. The van der Waals surface area contributed by atoms with E-state index in [0.717, 1.165) is 29.5 Å². The van der Waals surface area contributed by atoms with Gasteiger partial charge in [-0.3, -0.25) is 0 Å². The number of phenolic OH excluding ortho intramolecular Hbond substituents is 1. The second-order valence-corrected chi connectivity index (χ2v) is 8.06. The number of methoxy groups -OCH3 is 1. The molecule has 0 fully saturated rings. The number of carbonyl (C=O) groups is 1. The monoisotopic (exact) mass is 372 g/mol. The Hall–Kier alpha value is -2.06. The van der Waals surface area contributed by atoms with E-state index in [1.54, 1.807) is 18.2 Å². The van der Waals surface area contributed by atoms with Crippen molar-refractivity contribution in [1.29, 1.82) is 0 Å². The van der Waals surface area contributed by atoms with E-state index in [1.165, 1.54) is 12.7 Å². The van der Waals surface area contributed by atoms with E-state index in [1.807, 2.05) is 19.1 Å². The number of esters is 1. The smallest absolute Gasteiger partial charge is 0.337 e. The molecule has 2 aromatic rings. The first-order valence-corrected chi connectivity index (χ1v) is 9.98. The van der Waals surface area contributed by atoms with Crippen molar-refractivity contribution in [2.45, 2.75) is 44.9 Å². The molecule has 1 heterocycles. The van der Waals surface area contributed by atoms with Crippen molar-refractivity contribution in [3.05, 3.63) is 53.1 Å². The maximum atomic E-state index is 11.8. The molecule has 0 saturated carbocycles. The average molecular weight is 372 g/mol. The molecule has 0 bridgehead atoms. The normalized spacial score (nSPS) is 17.0. The van der Waals surface area contributed by atoms with Gasteiger partial charge in [0.25, 0.3) is 0 Å². The Bertz CT molecular complexity index is 827. The summed E-state index contributed by atoms with van der Waals surface area (Å²) in [5, 5.41) is 11.0. The number of phenols is 1. The van der Waals surface area contributed by atoms with Gasteiger partial charge < -0.3 is 14.6 Å². The zero-order chi connectivity index (χ0) is 18.9. The fourth-order valence-electron chi connectivity index (χ4n) is 3.68. The number of hydrogen-bond acceptors (Lipinski definition) is 4. The molecular formula is C21H25O4P. The van der Waals surface area contributed by atoms with Crippen molar-refractivity contribution < 1.29 is 19.4 Å². The van der Waals surface area contributed by atoms with E-state index in [9.17, 15) is 9.90 Å². The summed E-state index contributed by atoms with van der Waals surface area (Å²) in [4.78, 5) is 11.8. The lowest BCUT2D eigenvalue weighted by Crippen LogP contribution is -2.38. The van der Waals surface area contributed by atoms with Crippen LogP contribution in [0.5, 0.6) is 11.5 Å². The molecule has 1 aliphatic rings. The van der Waals surface area contributed by atoms with Crippen LogP contribution in [0.15, 0.2) is 36.4 Å². The average Bonchev–Trinajstić information content (AvgIpc) is 3.08. The molecule has 26 heavy (non-hydrogen) atoms. The van der Waals surface area contributed by atoms with E-state index >= 15 is 0 Å². The van der Waals surface area contributed by atoms with Gasteiger partial charge in [0.2, 0.25) is 0 Å². The topological polar surface area (TPSA) is 55.8 Å². The molecule has 4 nitrogen and oxygen atoms in total. The van der Waals surface area contributed by atoms with Gasteiger partial charge in [0.15, 0.2) is 0 Å². The van der Waals surface area contributed by atoms with Gasteiger partial charge in [0.1, 0.15) is 17.3 Å². The molecule has 1 N–H and O–H groups in total. The molecule has 3 rings (SSSR count). The molecule has 0 aliphatic carbocycles. The minimum Gasteiger partial charge on any atom is -0.508 e. The lowest BCUT2D eigenvalue weighted by Gasteiger charge is -2.37. The van der Waals surface area contributed by atoms with Gasteiger partial charge in [0, 0.05) is 10.7 Å². The van der Waals surface area contributed by atoms with E-state index in [2.05, 4.69) is 19.9 Å². The molecule has 0 aromatic heterocycles. The number of benzene rings is 2. The second-order valence-electron chi connectivity index (χ2n) is 6.71. The summed E-state index contributed by atoms with van der Waals surface area (Å²) in [6, 6.07) is 11.4. The van der Waals surface area contributed by atoms with Crippen LogP contribution in [-0.2, 0) is 10.2 Å². The standard InChI is InChI=1S/C21H25O4P/c1-5-21(6-2,15-8-9-16(22)13(3)11-15)20-25-17-12-14(19(23)24-4)7-10-18(17)26-20/h7-12,20,22,26H,5-6H2,1-4H3.